The molecular weight excluding hydrogens is 426 g/mol. The first kappa shape index (κ1) is 22.0. The van der Waals surface area contributed by atoms with Gasteiger partial charge in [-0.15, -0.1) is 0 Å². The first-order valence-electron chi connectivity index (χ1n) is 9.39. The van der Waals surface area contributed by atoms with Crippen molar-refractivity contribution in [3.8, 4) is 11.3 Å². The van der Waals surface area contributed by atoms with E-state index in [1.165, 1.54) is 23.8 Å². The van der Waals surface area contributed by atoms with Gasteiger partial charge in [-0.25, -0.2) is 13.1 Å². The van der Waals surface area contributed by atoms with Gasteiger partial charge in [0.15, 0.2) is 0 Å². The molecule has 1 heterocycles. The van der Waals surface area contributed by atoms with Gasteiger partial charge in [0, 0.05) is 17.7 Å². The number of hydrogen-bond acceptors (Lipinski definition) is 5. The highest BCUT2D eigenvalue weighted by Gasteiger charge is 2.20. The molecular formula is C21H22ClN3O4S. The Kier molecular flexibility index (Phi) is 6.60. The van der Waals surface area contributed by atoms with Crippen LogP contribution >= 0.6 is 11.6 Å². The van der Waals surface area contributed by atoms with E-state index in [0.717, 1.165) is 12.0 Å². The Labute approximate surface area is 180 Å². The summed E-state index contributed by atoms with van der Waals surface area (Å²) >= 11 is 6.12. The number of benzene rings is 2. The number of halogens is 1. The van der Waals surface area contributed by atoms with Crippen molar-refractivity contribution >= 4 is 33.4 Å². The molecule has 1 aromatic heterocycles. The lowest BCUT2D eigenvalue weighted by molar-refractivity contribution is 0.102. The zero-order valence-electron chi connectivity index (χ0n) is 16.8. The fourth-order valence-electron chi connectivity index (χ4n) is 2.78. The Morgan fingerprint density at radius 2 is 1.83 bits per heavy atom. The molecule has 7 nitrogen and oxygen atoms in total. The molecule has 0 aliphatic heterocycles. The molecule has 0 aliphatic carbocycles. The first-order chi connectivity index (χ1) is 14.2. The van der Waals surface area contributed by atoms with Crippen LogP contribution in [0.4, 0.5) is 5.88 Å². The van der Waals surface area contributed by atoms with Crippen LogP contribution in [0.15, 0.2) is 57.9 Å². The topological polar surface area (TPSA) is 101 Å². The molecule has 30 heavy (non-hydrogen) atoms. The summed E-state index contributed by atoms with van der Waals surface area (Å²) < 4.78 is 32.4. The van der Waals surface area contributed by atoms with Gasteiger partial charge in [0.25, 0.3) is 5.91 Å². The normalized spacial score (nSPS) is 11.6. The monoisotopic (exact) mass is 447 g/mol. The molecule has 9 heteroatoms. The SMILES string of the molecule is CCc1ccc(-c2cc(NC(=O)c3cc(S(=O)(=O)NC(C)C)ccc3Cl)on2)cc1. The average molecular weight is 448 g/mol. The van der Waals surface area contributed by atoms with Crippen LogP contribution in [0, 0.1) is 0 Å². The van der Waals surface area contributed by atoms with Crippen LogP contribution in [0.3, 0.4) is 0 Å². The predicted molar refractivity (Wildman–Crippen MR) is 116 cm³/mol. The van der Waals surface area contributed by atoms with Crippen LogP contribution in [0.25, 0.3) is 11.3 Å². The summed E-state index contributed by atoms with van der Waals surface area (Å²) in [5, 5.41) is 6.65. The number of rotatable bonds is 7. The second-order valence-electron chi connectivity index (χ2n) is 7.00. The van der Waals surface area contributed by atoms with E-state index in [9.17, 15) is 13.2 Å². The van der Waals surface area contributed by atoms with Crippen LogP contribution in [0.1, 0.15) is 36.7 Å². The zero-order chi connectivity index (χ0) is 21.9. The van der Waals surface area contributed by atoms with Crippen LogP contribution in [0.5, 0.6) is 0 Å². The van der Waals surface area contributed by atoms with Gasteiger partial charge >= 0.3 is 0 Å². The largest absolute Gasteiger partial charge is 0.338 e. The van der Waals surface area contributed by atoms with E-state index >= 15 is 0 Å². The maximum Gasteiger partial charge on any atom is 0.259 e. The molecule has 0 atom stereocenters. The fraction of sp³-hybridized carbons (Fsp3) is 0.238. The molecule has 0 saturated carbocycles. The van der Waals surface area contributed by atoms with Crippen molar-refractivity contribution in [3.63, 3.8) is 0 Å². The molecule has 0 aliphatic rings. The summed E-state index contributed by atoms with van der Waals surface area (Å²) in [6, 6.07) is 13.1. The Hall–Kier alpha value is -2.68. The third kappa shape index (κ3) is 5.08. The highest BCUT2D eigenvalue weighted by Crippen LogP contribution is 2.25. The number of amides is 1. The lowest BCUT2D eigenvalue weighted by Gasteiger charge is -2.11. The molecule has 158 valence electrons. The molecule has 0 bridgehead atoms. The van der Waals surface area contributed by atoms with Crippen LogP contribution in [-0.2, 0) is 16.4 Å². The number of aryl methyl sites for hydroxylation is 1. The summed E-state index contributed by atoms with van der Waals surface area (Å²) in [6.45, 7) is 5.49. The summed E-state index contributed by atoms with van der Waals surface area (Å²) in [6.07, 6.45) is 0.933. The molecule has 0 fully saturated rings. The number of nitrogens with zero attached hydrogens (tertiary/aromatic N) is 1. The van der Waals surface area contributed by atoms with Crippen molar-refractivity contribution in [2.45, 2.75) is 38.1 Å². The Morgan fingerprint density at radius 3 is 2.47 bits per heavy atom. The summed E-state index contributed by atoms with van der Waals surface area (Å²) in [4.78, 5) is 12.6. The van der Waals surface area contributed by atoms with Gasteiger partial charge in [0.1, 0.15) is 5.69 Å². The van der Waals surface area contributed by atoms with E-state index in [0.29, 0.717) is 5.69 Å². The highest BCUT2D eigenvalue weighted by molar-refractivity contribution is 7.89. The summed E-state index contributed by atoms with van der Waals surface area (Å²) in [7, 11) is -3.77. The van der Waals surface area contributed by atoms with E-state index in [1.54, 1.807) is 19.9 Å². The average Bonchev–Trinajstić information content (AvgIpc) is 3.15. The molecule has 2 aromatic carbocycles. The summed E-state index contributed by atoms with van der Waals surface area (Å²) in [5.74, 6) is -0.482. The van der Waals surface area contributed by atoms with E-state index in [2.05, 4.69) is 22.1 Å². The number of carbonyl (C=O) groups excluding carboxylic acids is 1. The maximum atomic E-state index is 12.7. The molecule has 0 saturated heterocycles. The third-order valence-electron chi connectivity index (χ3n) is 4.29. The van der Waals surface area contributed by atoms with E-state index in [1.807, 2.05) is 24.3 Å². The number of sulfonamides is 1. The van der Waals surface area contributed by atoms with E-state index in [4.69, 9.17) is 16.1 Å². The van der Waals surface area contributed by atoms with Crippen molar-refractivity contribution in [1.82, 2.24) is 9.88 Å². The third-order valence-corrected chi connectivity index (χ3v) is 6.27. The van der Waals surface area contributed by atoms with Crippen molar-refractivity contribution in [3.05, 3.63) is 64.7 Å². The number of aromatic nitrogens is 1. The van der Waals surface area contributed by atoms with Gasteiger partial charge in [0.05, 0.1) is 15.5 Å². The Balaban J connectivity index is 1.81. The molecule has 1 amide bonds. The minimum atomic E-state index is -3.77. The van der Waals surface area contributed by atoms with Gasteiger partial charge in [-0.2, -0.15) is 0 Å². The Bertz CT molecular complexity index is 1160. The van der Waals surface area contributed by atoms with E-state index in [-0.39, 0.29) is 27.4 Å². The predicted octanol–water partition coefficient (Wildman–Crippen LogP) is 4.50. The van der Waals surface area contributed by atoms with Gasteiger partial charge in [-0.1, -0.05) is 47.9 Å². The quantitative estimate of drug-likeness (QED) is 0.555. The van der Waals surface area contributed by atoms with Crippen LogP contribution in [-0.4, -0.2) is 25.5 Å². The van der Waals surface area contributed by atoms with Crippen molar-refractivity contribution in [1.29, 1.82) is 0 Å². The maximum absolute atomic E-state index is 12.7. The highest BCUT2D eigenvalue weighted by atomic mass is 35.5. The fourth-order valence-corrected chi connectivity index (χ4v) is 4.26. The number of carbonyl (C=O) groups is 1. The molecule has 0 spiro atoms. The van der Waals surface area contributed by atoms with Gasteiger partial charge in [0.2, 0.25) is 15.9 Å². The van der Waals surface area contributed by atoms with Crippen LogP contribution < -0.4 is 10.0 Å². The first-order valence-corrected chi connectivity index (χ1v) is 11.2. The zero-order valence-corrected chi connectivity index (χ0v) is 18.3. The molecule has 0 radical (unpaired) electrons. The van der Waals surface area contributed by atoms with Gasteiger partial charge in [-0.05, 0) is 44.0 Å². The standard InChI is InChI=1S/C21H22ClN3O4S/c1-4-14-5-7-15(8-6-14)19-12-20(29-24-19)23-21(26)17-11-16(9-10-18(17)22)30(27,28)25-13(2)3/h5-13,25H,4H2,1-3H3,(H,23,26). The number of nitrogens with one attached hydrogen (secondary N) is 2. The molecule has 3 aromatic rings. The second kappa shape index (κ2) is 8.99. The lowest BCUT2D eigenvalue weighted by Crippen LogP contribution is -2.30. The van der Waals surface area contributed by atoms with Crippen molar-refractivity contribution < 1.29 is 17.7 Å². The minimum absolute atomic E-state index is 0.00791. The number of anilines is 1. The van der Waals surface area contributed by atoms with Gasteiger partial charge in [-0.3, -0.25) is 10.1 Å². The minimum Gasteiger partial charge on any atom is -0.338 e. The smallest absolute Gasteiger partial charge is 0.259 e. The molecule has 3 rings (SSSR count). The van der Waals surface area contributed by atoms with Crippen LogP contribution in [0.2, 0.25) is 5.02 Å². The van der Waals surface area contributed by atoms with Crippen molar-refractivity contribution in [2.24, 2.45) is 0 Å². The Morgan fingerprint density at radius 1 is 1.13 bits per heavy atom. The van der Waals surface area contributed by atoms with Crippen molar-refractivity contribution in [2.75, 3.05) is 5.32 Å². The molecule has 0 unspecified atom stereocenters. The number of hydrogen-bond donors (Lipinski definition) is 2. The van der Waals surface area contributed by atoms with Gasteiger partial charge < -0.3 is 4.52 Å². The summed E-state index contributed by atoms with van der Waals surface area (Å²) in [5.41, 5.74) is 2.62. The van der Waals surface area contributed by atoms with E-state index < -0.39 is 15.9 Å². The molecule has 2 N–H and O–H groups in total. The lowest BCUT2D eigenvalue weighted by atomic mass is 10.1. The second-order valence-corrected chi connectivity index (χ2v) is 9.12.